The van der Waals surface area contributed by atoms with E-state index in [0.29, 0.717) is 5.69 Å². The molecule has 0 amide bonds. The summed E-state index contributed by atoms with van der Waals surface area (Å²) >= 11 is 0. The van der Waals surface area contributed by atoms with Crippen molar-refractivity contribution in [1.29, 1.82) is 10.5 Å². The van der Waals surface area contributed by atoms with Crippen molar-refractivity contribution in [2.24, 2.45) is 0 Å². The lowest BCUT2D eigenvalue weighted by Crippen LogP contribution is -2.19. The van der Waals surface area contributed by atoms with E-state index in [9.17, 15) is 0 Å². The number of rotatable bonds is 2. The van der Waals surface area contributed by atoms with Crippen LogP contribution in [-0.2, 0) is 10.8 Å². The Hall–Kier alpha value is -2.00. The summed E-state index contributed by atoms with van der Waals surface area (Å²) in [6.45, 7) is 7.35. The fourth-order valence-corrected chi connectivity index (χ4v) is 1.50. The maximum atomic E-state index is 9.13. The summed E-state index contributed by atoms with van der Waals surface area (Å²) in [4.78, 5) is 0. The molecule has 0 bridgehead atoms. The zero-order valence-electron chi connectivity index (χ0n) is 10.7. The maximum absolute atomic E-state index is 9.13. The molecule has 0 saturated carbocycles. The van der Waals surface area contributed by atoms with E-state index in [4.69, 9.17) is 16.3 Å². The fraction of sp³-hybridized carbons (Fsp3) is 0.429. The van der Waals surface area contributed by atoms with Crippen molar-refractivity contribution in [1.82, 2.24) is 0 Å². The Morgan fingerprint density at radius 1 is 0.882 bits per heavy atom. The van der Waals surface area contributed by atoms with Gasteiger partial charge in [-0.25, -0.2) is 0 Å². The number of nitrogens with two attached hydrogens (primary N) is 1. The van der Waals surface area contributed by atoms with Crippen molar-refractivity contribution < 1.29 is 0 Å². The highest BCUT2D eigenvalue weighted by Crippen LogP contribution is 2.30. The molecule has 88 valence electrons. The molecular formula is C14H17N3. The van der Waals surface area contributed by atoms with Crippen molar-refractivity contribution in [3.8, 4) is 12.1 Å². The van der Waals surface area contributed by atoms with Gasteiger partial charge in [-0.3, -0.25) is 0 Å². The number of nitriles is 2. The number of benzene rings is 1. The molecule has 0 aliphatic rings. The summed E-state index contributed by atoms with van der Waals surface area (Å²) in [7, 11) is 0. The van der Waals surface area contributed by atoms with Crippen molar-refractivity contribution in [2.75, 3.05) is 5.73 Å². The van der Waals surface area contributed by atoms with Gasteiger partial charge in [0.2, 0.25) is 0 Å². The molecular weight excluding hydrogens is 210 g/mol. The number of nitrogens with zero attached hydrogens (tertiary/aromatic N) is 2. The van der Waals surface area contributed by atoms with E-state index >= 15 is 0 Å². The Labute approximate surface area is 102 Å². The Morgan fingerprint density at radius 3 is 1.53 bits per heavy atom. The average Bonchev–Trinajstić information content (AvgIpc) is 2.28. The first-order valence-corrected chi connectivity index (χ1v) is 5.47. The van der Waals surface area contributed by atoms with Crippen LogP contribution < -0.4 is 5.73 Å². The molecule has 0 radical (unpaired) electrons. The normalized spacial score (nSPS) is 11.6. The van der Waals surface area contributed by atoms with E-state index in [1.165, 1.54) is 0 Å². The van der Waals surface area contributed by atoms with Crippen LogP contribution in [0.3, 0.4) is 0 Å². The fourth-order valence-electron chi connectivity index (χ4n) is 1.50. The Balaban J connectivity index is 3.42. The van der Waals surface area contributed by atoms with Gasteiger partial charge in [-0.1, -0.05) is 6.07 Å². The van der Waals surface area contributed by atoms with Crippen molar-refractivity contribution >= 4 is 5.69 Å². The van der Waals surface area contributed by atoms with Crippen molar-refractivity contribution in [3.05, 3.63) is 29.3 Å². The van der Waals surface area contributed by atoms with E-state index < -0.39 is 10.8 Å². The average molecular weight is 227 g/mol. The van der Waals surface area contributed by atoms with E-state index in [-0.39, 0.29) is 0 Å². The summed E-state index contributed by atoms with van der Waals surface area (Å²) in [5.41, 5.74) is 6.92. The lowest BCUT2D eigenvalue weighted by Gasteiger charge is -2.22. The monoisotopic (exact) mass is 227 g/mol. The molecule has 0 heterocycles. The van der Waals surface area contributed by atoms with Crippen molar-refractivity contribution in [2.45, 2.75) is 38.5 Å². The number of nitrogen functional groups attached to an aromatic ring is 1. The third-order valence-electron chi connectivity index (χ3n) is 2.96. The van der Waals surface area contributed by atoms with Gasteiger partial charge in [0.15, 0.2) is 0 Å². The number of anilines is 1. The number of hydrogen-bond acceptors (Lipinski definition) is 3. The minimum Gasteiger partial charge on any atom is -0.399 e. The molecule has 0 aliphatic carbocycles. The Morgan fingerprint density at radius 2 is 1.24 bits per heavy atom. The smallest absolute Gasteiger partial charge is 0.0767 e. The molecule has 0 unspecified atom stereocenters. The van der Waals surface area contributed by atoms with E-state index in [1.54, 1.807) is 12.1 Å². The maximum Gasteiger partial charge on any atom is 0.0767 e. The summed E-state index contributed by atoms with van der Waals surface area (Å²) in [6, 6.07) is 9.96. The predicted octanol–water partition coefficient (Wildman–Crippen LogP) is 2.87. The van der Waals surface area contributed by atoms with Gasteiger partial charge in [-0.2, -0.15) is 10.5 Å². The second-order valence-corrected chi connectivity index (χ2v) is 5.32. The minimum absolute atomic E-state index is 0.587. The first-order valence-electron chi connectivity index (χ1n) is 5.47. The summed E-state index contributed by atoms with van der Waals surface area (Å²) in [5, 5.41) is 18.3. The lowest BCUT2D eigenvalue weighted by molar-refractivity contribution is 0.662. The molecule has 0 atom stereocenters. The van der Waals surface area contributed by atoms with Crippen molar-refractivity contribution in [3.63, 3.8) is 0 Å². The van der Waals surface area contributed by atoms with E-state index in [2.05, 4.69) is 12.1 Å². The summed E-state index contributed by atoms with van der Waals surface area (Å²) < 4.78 is 0. The molecule has 0 spiro atoms. The highest BCUT2D eigenvalue weighted by atomic mass is 14.5. The van der Waals surface area contributed by atoms with Gasteiger partial charge in [0.25, 0.3) is 0 Å². The van der Waals surface area contributed by atoms with Gasteiger partial charge < -0.3 is 5.73 Å². The van der Waals surface area contributed by atoms with Crippen LogP contribution in [0, 0.1) is 22.7 Å². The highest BCUT2D eigenvalue weighted by Gasteiger charge is 2.25. The molecule has 3 heteroatoms. The quantitative estimate of drug-likeness (QED) is 0.789. The molecule has 1 aromatic carbocycles. The van der Waals surface area contributed by atoms with Gasteiger partial charge >= 0.3 is 0 Å². The van der Waals surface area contributed by atoms with Crippen LogP contribution in [0.15, 0.2) is 18.2 Å². The summed E-state index contributed by atoms with van der Waals surface area (Å²) in [6.07, 6.45) is 0. The second-order valence-electron chi connectivity index (χ2n) is 5.32. The van der Waals surface area contributed by atoms with Crippen LogP contribution in [0.25, 0.3) is 0 Å². The zero-order chi connectivity index (χ0) is 13.3. The van der Waals surface area contributed by atoms with Gasteiger partial charge in [-0.15, -0.1) is 0 Å². The second kappa shape index (κ2) is 4.11. The SMILES string of the molecule is CC(C)(C#N)c1cc(N)cc(C(C)(C)C#N)c1. The third kappa shape index (κ3) is 2.57. The van der Waals surface area contributed by atoms with E-state index in [1.807, 2.05) is 33.8 Å². The third-order valence-corrected chi connectivity index (χ3v) is 2.96. The van der Waals surface area contributed by atoms with Crippen LogP contribution in [0.4, 0.5) is 5.69 Å². The van der Waals surface area contributed by atoms with Gasteiger partial charge in [0, 0.05) is 5.69 Å². The first-order chi connectivity index (χ1) is 7.73. The van der Waals surface area contributed by atoms with E-state index in [0.717, 1.165) is 11.1 Å². The number of hydrogen-bond donors (Lipinski definition) is 1. The molecule has 0 saturated heterocycles. The summed E-state index contributed by atoms with van der Waals surface area (Å²) in [5.74, 6) is 0. The first kappa shape index (κ1) is 13.1. The topological polar surface area (TPSA) is 73.6 Å². The lowest BCUT2D eigenvalue weighted by atomic mass is 9.80. The molecule has 17 heavy (non-hydrogen) atoms. The van der Waals surface area contributed by atoms with Crippen LogP contribution in [0.1, 0.15) is 38.8 Å². The largest absolute Gasteiger partial charge is 0.399 e. The standard InChI is InChI=1S/C14H17N3/c1-13(2,8-15)10-5-11(7-12(17)6-10)14(3,4)9-16/h5-7H,17H2,1-4H3. The molecule has 1 rings (SSSR count). The Kier molecular flexibility index (Phi) is 3.16. The highest BCUT2D eigenvalue weighted by molar-refractivity contribution is 5.51. The Bertz CT molecular complexity index is 469. The van der Waals surface area contributed by atoms with Crippen LogP contribution in [0.5, 0.6) is 0 Å². The zero-order valence-corrected chi connectivity index (χ0v) is 10.7. The molecule has 0 aliphatic heterocycles. The van der Waals surface area contributed by atoms with Crippen LogP contribution in [-0.4, -0.2) is 0 Å². The van der Waals surface area contributed by atoms with Gasteiger partial charge in [0.1, 0.15) is 0 Å². The van der Waals surface area contributed by atoms with Gasteiger partial charge in [-0.05, 0) is 51.0 Å². The van der Waals surface area contributed by atoms with Crippen LogP contribution >= 0.6 is 0 Å². The molecule has 0 fully saturated rings. The molecule has 2 N–H and O–H groups in total. The minimum atomic E-state index is -0.602. The predicted molar refractivity (Wildman–Crippen MR) is 68.1 cm³/mol. The van der Waals surface area contributed by atoms with Crippen LogP contribution in [0.2, 0.25) is 0 Å². The molecule has 1 aromatic rings. The molecule has 3 nitrogen and oxygen atoms in total. The van der Waals surface area contributed by atoms with Gasteiger partial charge in [0.05, 0.1) is 23.0 Å². The molecule has 0 aromatic heterocycles.